The second kappa shape index (κ2) is 4.76. The molecule has 0 unspecified atom stereocenters. The first-order chi connectivity index (χ1) is 7.24. The number of aliphatic hydroxyl groups is 3. The highest BCUT2D eigenvalue weighted by atomic mass is 16.6. The second-order valence-corrected chi connectivity index (χ2v) is 4.21. The Morgan fingerprint density at radius 2 is 1.93 bits per heavy atom. The van der Waals surface area contributed by atoms with Gasteiger partial charge in [-0.2, -0.15) is 0 Å². The lowest BCUT2D eigenvalue weighted by molar-refractivity contribution is -0.238. The summed E-state index contributed by atoms with van der Waals surface area (Å²) in [5, 5.41) is 28.7. The third kappa shape index (κ3) is 2.16. The smallest absolute Gasteiger partial charge is 0.114 e. The molecule has 5 heteroatoms. The lowest BCUT2D eigenvalue weighted by atomic mass is 9.93. The monoisotopic (exact) mass is 218 g/mol. The molecule has 0 aromatic rings. The minimum absolute atomic E-state index is 0.190. The van der Waals surface area contributed by atoms with Crippen LogP contribution in [0.3, 0.4) is 0 Å². The third-order valence-electron chi connectivity index (χ3n) is 3.16. The number of hydrogen-bond donors (Lipinski definition) is 3. The number of rotatable bonds is 1. The van der Waals surface area contributed by atoms with Crippen LogP contribution in [-0.2, 0) is 9.47 Å². The average molecular weight is 218 g/mol. The average Bonchev–Trinajstić information content (AvgIpc) is 2.38. The predicted molar refractivity (Wildman–Crippen MR) is 51.4 cm³/mol. The first kappa shape index (κ1) is 11.3. The normalized spacial score (nSPS) is 47.0. The van der Waals surface area contributed by atoms with Crippen molar-refractivity contribution in [3.63, 3.8) is 0 Å². The maximum atomic E-state index is 9.83. The van der Waals surface area contributed by atoms with Gasteiger partial charge in [-0.05, 0) is 19.3 Å². The minimum Gasteiger partial charge on any atom is -0.394 e. The van der Waals surface area contributed by atoms with Crippen LogP contribution < -0.4 is 0 Å². The van der Waals surface area contributed by atoms with E-state index in [1.54, 1.807) is 0 Å². The Hall–Kier alpha value is -0.200. The Bertz CT molecular complexity index is 206. The molecule has 3 aliphatic heterocycles. The van der Waals surface area contributed by atoms with Crippen molar-refractivity contribution < 1.29 is 24.8 Å². The van der Waals surface area contributed by atoms with Gasteiger partial charge in [0, 0.05) is 6.61 Å². The van der Waals surface area contributed by atoms with E-state index in [1.807, 2.05) is 0 Å². The van der Waals surface area contributed by atoms with Crippen LogP contribution in [0.4, 0.5) is 0 Å². The van der Waals surface area contributed by atoms with Crippen LogP contribution >= 0.6 is 0 Å². The first-order valence-corrected chi connectivity index (χ1v) is 5.48. The molecule has 0 aromatic carbocycles. The van der Waals surface area contributed by atoms with Crippen molar-refractivity contribution in [1.29, 1.82) is 0 Å². The summed E-state index contributed by atoms with van der Waals surface area (Å²) in [7, 11) is 0. The topological polar surface area (TPSA) is 79.2 Å². The lowest BCUT2D eigenvalue weighted by Crippen LogP contribution is -2.58. The fourth-order valence-electron chi connectivity index (χ4n) is 2.28. The molecule has 0 amide bonds. The summed E-state index contributed by atoms with van der Waals surface area (Å²) in [4.78, 5) is 0. The molecule has 0 spiro atoms. The van der Waals surface area contributed by atoms with Crippen LogP contribution in [0, 0.1) is 0 Å². The molecule has 15 heavy (non-hydrogen) atoms. The van der Waals surface area contributed by atoms with E-state index in [-0.39, 0.29) is 12.7 Å². The van der Waals surface area contributed by atoms with Gasteiger partial charge in [-0.1, -0.05) is 0 Å². The van der Waals surface area contributed by atoms with Crippen LogP contribution in [0.15, 0.2) is 0 Å². The summed E-state index contributed by atoms with van der Waals surface area (Å²) < 4.78 is 11.0. The van der Waals surface area contributed by atoms with Crippen molar-refractivity contribution >= 4 is 0 Å². The van der Waals surface area contributed by atoms with Crippen molar-refractivity contribution in [2.24, 2.45) is 0 Å². The van der Waals surface area contributed by atoms with E-state index in [0.717, 1.165) is 12.8 Å². The maximum Gasteiger partial charge on any atom is 0.114 e. The van der Waals surface area contributed by atoms with Gasteiger partial charge in [-0.3, -0.25) is 0 Å². The highest BCUT2D eigenvalue weighted by molar-refractivity contribution is 4.93. The largest absolute Gasteiger partial charge is 0.394 e. The molecule has 3 aliphatic rings. The van der Waals surface area contributed by atoms with Gasteiger partial charge in [0.2, 0.25) is 0 Å². The molecular weight excluding hydrogens is 200 g/mol. The minimum atomic E-state index is -0.959. The highest BCUT2D eigenvalue weighted by Crippen LogP contribution is 2.28. The van der Waals surface area contributed by atoms with Crippen molar-refractivity contribution in [1.82, 2.24) is 0 Å². The Morgan fingerprint density at radius 1 is 1.13 bits per heavy atom. The van der Waals surface area contributed by atoms with Crippen LogP contribution in [0.1, 0.15) is 19.3 Å². The molecule has 3 heterocycles. The summed E-state index contributed by atoms with van der Waals surface area (Å²) in [6.07, 6.45) is -0.881. The molecule has 5 nitrogen and oxygen atoms in total. The van der Waals surface area contributed by atoms with Crippen LogP contribution in [0.5, 0.6) is 0 Å². The van der Waals surface area contributed by atoms with E-state index in [0.29, 0.717) is 13.0 Å². The van der Waals surface area contributed by atoms with Gasteiger partial charge in [0.1, 0.15) is 24.4 Å². The Balaban J connectivity index is 2.16. The summed E-state index contributed by atoms with van der Waals surface area (Å²) in [6.45, 7) is 0.353. The zero-order valence-electron chi connectivity index (χ0n) is 8.58. The van der Waals surface area contributed by atoms with Gasteiger partial charge in [0.05, 0.1) is 12.7 Å². The standard InChI is InChI=1S/C10H18O5/c11-5-7-10-9(13)8(12)6(15-7)3-1-2-4-14-10/h6-13H,1-5H2/t6-,7+,8+,9+,10+/m0/s1. The van der Waals surface area contributed by atoms with E-state index < -0.39 is 24.4 Å². The zero-order chi connectivity index (χ0) is 10.8. The molecule has 0 aromatic heterocycles. The van der Waals surface area contributed by atoms with Crippen molar-refractivity contribution in [2.45, 2.75) is 49.8 Å². The van der Waals surface area contributed by atoms with Crippen molar-refractivity contribution in [3.8, 4) is 0 Å². The molecule has 3 saturated heterocycles. The van der Waals surface area contributed by atoms with E-state index in [2.05, 4.69) is 0 Å². The van der Waals surface area contributed by atoms with Crippen molar-refractivity contribution in [3.05, 3.63) is 0 Å². The molecule has 5 atom stereocenters. The van der Waals surface area contributed by atoms with Crippen molar-refractivity contribution in [2.75, 3.05) is 13.2 Å². The maximum absolute atomic E-state index is 9.83. The van der Waals surface area contributed by atoms with Gasteiger partial charge in [0.25, 0.3) is 0 Å². The zero-order valence-corrected chi connectivity index (χ0v) is 8.58. The molecular formula is C10H18O5. The molecule has 0 saturated carbocycles. The van der Waals surface area contributed by atoms with Crippen LogP contribution in [0.2, 0.25) is 0 Å². The van der Waals surface area contributed by atoms with Gasteiger partial charge >= 0.3 is 0 Å². The van der Waals surface area contributed by atoms with Gasteiger partial charge in [0.15, 0.2) is 0 Å². The SMILES string of the molecule is OC[C@H]1O[C@H]2CCCCO[C@H]1[C@H](O)[C@@H]2O. The summed E-state index contributed by atoms with van der Waals surface area (Å²) in [6, 6.07) is 0. The number of ether oxygens (including phenoxy) is 2. The molecule has 3 N–H and O–H groups in total. The van der Waals surface area contributed by atoms with E-state index in [4.69, 9.17) is 14.6 Å². The predicted octanol–water partition coefficient (Wildman–Crippen LogP) is -0.963. The lowest BCUT2D eigenvalue weighted by Gasteiger charge is -2.41. The fraction of sp³-hybridized carbons (Fsp3) is 1.00. The summed E-state index contributed by atoms with van der Waals surface area (Å²) in [5.74, 6) is 0. The van der Waals surface area contributed by atoms with Gasteiger partial charge in [-0.25, -0.2) is 0 Å². The van der Waals surface area contributed by atoms with E-state index >= 15 is 0 Å². The van der Waals surface area contributed by atoms with Gasteiger partial charge < -0.3 is 24.8 Å². The molecule has 88 valence electrons. The molecule has 3 rings (SSSR count). The quantitative estimate of drug-likeness (QED) is 0.528. The fourth-order valence-corrected chi connectivity index (χ4v) is 2.28. The van der Waals surface area contributed by atoms with E-state index in [9.17, 15) is 10.2 Å². The number of hydrogen-bond acceptors (Lipinski definition) is 5. The third-order valence-corrected chi connectivity index (χ3v) is 3.16. The highest BCUT2D eigenvalue weighted by Gasteiger charge is 2.45. The Labute approximate surface area is 88.6 Å². The van der Waals surface area contributed by atoms with Crippen LogP contribution in [0.25, 0.3) is 0 Å². The molecule has 0 aliphatic carbocycles. The molecule has 0 radical (unpaired) electrons. The molecule has 2 bridgehead atoms. The molecule has 3 fully saturated rings. The summed E-state index contributed by atoms with van der Waals surface area (Å²) >= 11 is 0. The number of fused-ring (bicyclic) bond motifs is 6. The van der Waals surface area contributed by atoms with Crippen LogP contribution in [-0.4, -0.2) is 59.1 Å². The van der Waals surface area contributed by atoms with E-state index in [1.165, 1.54) is 0 Å². The Kier molecular flexibility index (Phi) is 3.58. The first-order valence-electron chi connectivity index (χ1n) is 5.48. The van der Waals surface area contributed by atoms with Gasteiger partial charge in [-0.15, -0.1) is 0 Å². The second-order valence-electron chi connectivity index (χ2n) is 4.21. The number of aliphatic hydroxyl groups excluding tert-OH is 3. The Morgan fingerprint density at radius 3 is 2.67 bits per heavy atom. The summed E-state index contributed by atoms with van der Waals surface area (Å²) in [5.41, 5.74) is 0.